The molecule has 1 unspecified atom stereocenters. The normalized spacial score (nSPS) is 20.7. The Bertz CT molecular complexity index is 934. The molecule has 1 aromatic heterocycles. The molecule has 0 radical (unpaired) electrons. The highest BCUT2D eigenvalue weighted by Crippen LogP contribution is 2.45. The number of alkyl halides is 5. The molecule has 148 valence electrons. The van der Waals surface area contributed by atoms with Crippen LogP contribution in [-0.2, 0) is 27.6 Å². The number of aryl methyl sites for hydroxylation is 2. The molecular formula is C17H16F5NO3S. The first-order chi connectivity index (χ1) is 12.5. The number of hydrogen-bond donors (Lipinski definition) is 0. The molecule has 0 amide bonds. The minimum absolute atomic E-state index is 0.107. The monoisotopic (exact) mass is 409 g/mol. The Kier molecular flexibility index (Phi) is 4.84. The van der Waals surface area contributed by atoms with Gasteiger partial charge in [0, 0.05) is 18.3 Å². The first kappa shape index (κ1) is 19.8. The molecular weight excluding hydrogens is 393 g/mol. The lowest BCUT2D eigenvalue weighted by Gasteiger charge is -2.38. The summed E-state index contributed by atoms with van der Waals surface area (Å²) in [5.74, 6) is 0. The van der Waals surface area contributed by atoms with Crippen LogP contribution >= 0.6 is 0 Å². The van der Waals surface area contributed by atoms with Crippen molar-refractivity contribution >= 4 is 10.0 Å². The van der Waals surface area contributed by atoms with Crippen molar-refractivity contribution in [3.8, 4) is 0 Å². The van der Waals surface area contributed by atoms with Crippen LogP contribution in [0.2, 0.25) is 0 Å². The molecule has 27 heavy (non-hydrogen) atoms. The number of nitrogens with zero attached hydrogens (tertiary/aromatic N) is 1. The second kappa shape index (κ2) is 6.59. The fourth-order valence-electron chi connectivity index (χ4n) is 3.23. The van der Waals surface area contributed by atoms with E-state index in [2.05, 4.69) is 4.74 Å². The van der Waals surface area contributed by atoms with Gasteiger partial charge in [-0.25, -0.2) is 12.4 Å². The predicted octanol–water partition coefficient (Wildman–Crippen LogP) is 4.06. The molecule has 0 N–H and O–H groups in total. The molecule has 0 saturated heterocycles. The largest absolute Gasteiger partial charge is 0.418 e. The number of fused-ring (bicyclic) bond motifs is 1. The fourth-order valence-corrected chi connectivity index (χ4v) is 4.63. The summed E-state index contributed by atoms with van der Waals surface area (Å²) < 4.78 is 96.4. The number of halogens is 5. The third-order valence-electron chi connectivity index (χ3n) is 4.71. The van der Waals surface area contributed by atoms with E-state index in [4.69, 9.17) is 0 Å². The van der Waals surface area contributed by atoms with Gasteiger partial charge in [0.15, 0.2) is 5.60 Å². The van der Waals surface area contributed by atoms with E-state index in [1.807, 2.05) is 0 Å². The summed E-state index contributed by atoms with van der Waals surface area (Å²) in [6.45, 7) is -1.88. The van der Waals surface area contributed by atoms with Crippen LogP contribution in [0.1, 0.15) is 23.2 Å². The van der Waals surface area contributed by atoms with E-state index in [1.165, 1.54) is 18.2 Å². The van der Waals surface area contributed by atoms with Crippen molar-refractivity contribution in [2.75, 3.05) is 0 Å². The maximum Gasteiger partial charge on any atom is 0.418 e. The van der Waals surface area contributed by atoms with Gasteiger partial charge in [-0.2, -0.15) is 22.0 Å². The lowest BCUT2D eigenvalue weighted by molar-refractivity contribution is -0.330. The minimum atomic E-state index is -5.08. The second-order valence-electron chi connectivity index (χ2n) is 6.45. The first-order valence-electron chi connectivity index (χ1n) is 8.00. The van der Waals surface area contributed by atoms with Crippen molar-refractivity contribution in [3.63, 3.8) is 0 Å². The minimum Gasteiger partial charge on any atom is -0.306 e. The summed E-state index contributed by atoms with van der Waals surface area (Å²) in [4.78, 5) is -0.107. The zero-order valence-corrected chi connectivity index (χ0v) is 14.9. The summed E-state index contributed by atoms with van der Waals surface area (Å²) in [5, 5.41) is 0. The first-order valence-corrected chi connectivity index (χ1v) is 9.44. The highest BCUT2D eigenvalue weighted by Gasteiger charge is 2.59. The Morgan fingerprint density at radius 2 is 1.78 bits per heavy atom. The Hall–Kier alpha value is -1.94. The summed E-state index contributed by atoms with van der Waals surface area (Å²) in [6.07, 6.45) is -5.87. The van der Waals surface area contributed by atoms with Crippen molar-refractivity contribution in [1.82, 2.24) is 3.97 Å². The van der Waals surface area contributed by atoms with Gasteiger partial charge in [0.1, 0.15) is 0 Å². The van der Waals surface area contributed by atoms with Gasteiger partial charge in [-0.1, -0.05) is 17.7 Å². The number of aromatic nitrogens is 1. The standard InChI is InChI=1S/C17H16F5NO3S/c1-11-2-4-13(5-3-11)27(24,25)23-9-7-12-6-8-16(10-14(12)23,17(20,21)22)26-15(18)19/h2-5,7,9,15H,6,8,10H2,1H3. The quantitative estimate of drug-likeness (QED) is 0.716. The number of benzene rings is 1. The van der Waals surface area contributed by atoms with Crippen LogP contribution in [0.25, 0.3) is 0 Å². The Morgan fingerprint density at radius 1 is 1.15 bits per heavy atom. The van der Waals surface area contributed by atoms with E-state index in [0.29, 0.717) is 5.56 Å². The smallest absolute Gasteiger partial charge is 0.306 e. The molecule has 4 nitrogen and oxygen atoms in total. The third kappa shape index (κ3) is 3.47. The molecule has 1 aliphatic carbocycles. The van der Waals surface area contributed by atoms with Gasteiger partial charge in [-0.3, -0.25) is 0 Å². The van der Waals surface area contributed by atoms with Gasteiger partial charge in [-0.15, -0.1) is 0 Å². The van der Waals surface area contributed by atoms with Gasteiger partial charge in [0.05, 0.1) is 4.90 Å². The maximum absolute atomic E-state index is 13.5. The zero-order chi connectivity index (χ0) is 20.0. The molecule has 10 heteroatoms. The molecule has 0 spiro atoms. The molecule has 0 bridgehead atoms. The molecule has 1 atom stereocenters. The van der Waals surface area contributed by atoms with E-state index in [-0.39, 0.29) is 17.0 Å². The predicted molar refractivity (Wildman–Crippen MR) is 86.1 cm³/mol. The third-order valence-corrected chi connectivity index (χ3v) is 6.44. The van der Waals surface area contributed by atoms with Crippen LogP contribution < -0.4 is 0 Å². The van der Waals surface area contributed by atoms with Crippen molar-refractivity contribution in [1.29, 1.82) is 0 Å². The molecule has 1 aliphatic rings. The summed E-state index contributed by atoms with van der Waals surface area (Å²) >= 11 is 0. The van der Waals surface area contributed by atoms with Crippen molar-refractivity contribution in [3.05, 3.63) is 53.3 Å². The lowest BCUT2D eigenvalue weighted by atomic mass is 9.83. The Balaban J connectivity index is 2.07. The van der Waals surface area contributed by atoms with Crippen LogP contribution in [0.5, 0.6) is 0 Å². The Labute approximate surface area is 152 Å². The van der Waals surface area contributed by atoms with Gasteiger partial charge >= 0.3 is 12.8 Å². The lowest BCUT2D eigenvalue weighted by Crippen LogP contribution is -2.53. The average Bonchev–Trinajstić information content (AvgIpc) is 2.97. The van der Waals surface area contributed by atoms with Crippen molar-refractivity contribution in [2.45, 2.75) is 49.5 Å². The van der Waals surface area contributed by atoms with Crippen LogP contribution in [0.3, 0.4) is 0 Å². The molecule has 0 aliphatic heterocycles. The molecule has 3 rings (SSSR count). The highest BCUT2D eigenvalue weighted by molar-refractivity contribution is 7.90. The molecule has 0 saturated carbocycles. The topological polar surface area (TPSA) is 48.3 Å². The van der Waals surface area contributed by atoms with Gasteiger partial charge in [0.2, 0.25) is 0 Å². The zero-order valence-electron chi connectivity index (χ0n) is 14.1. The van der Waals surface area contributed by atoms with Gasteiger partial charge in [-0.05, 0) is 43.5 Å². The van der Waals surface area contributed by atoms with Crippen LogP contribution in [0, 0.1) is 6.92 Å². The van der Waals surface area contributed by atoms with Crippen LogP contribution in [-0.4, -0.2) is 30.8 Å². The maximum atomic E-state index is 13.5. The van der Waals surface area contributed by atoms with E-state index in [1.54, 1.807) is 19.1 Å². The number of hydrogen-bond acceptors (Lipinski definition) is 3. The summed E-state index contributed by atoms with van der Waals surface area (Å²) in [5.41, 5.74) is -2.15. The highest BCUT2D eigenvalue weighted by atomic mass is 32.2. The van der Waals surface area contributed by atoms with Gasteiger partial charge < -0.3 is 4.74 Å². The molecule has 0 fully saturated rings. The van der Waals surface area contributed by atoms with Crippen molar-refractivity contribution < 1.29 is 35.1 Å². The van der Waals surface area contributed by atoms with E-state index < -0.39 is 41.3 Å². The number of ether oxygens (including phenoxy) is 1. The number of rotatable bonds is 4. The van der Waals surface area contributed by atoms with E-state index in [9.17, 15) is 30.4 Å². The van der Waals surface area contributed by atoms with E-state index >= 15 is 0 Å². The van der Waals surface area contributed by atoms with E-state index in [0.717, 1.165) is 15.7 Å². The summed E-state index contributed by atoms with van der Waals surface area (Å²) in [7, 11) is -4.17. The summed E-state index contributed by atoms with van der Waals surface area (Å²) in [6, 6.07) is 7.19. The van der Waals surface area contributed by atoms with Crippen LogP contribution in [0.15, 0.2) is 41.4 Å². The molecule has 1 aromatic carbocycles. The van der Waals surface area contributed by atoms with Crippen LogP contribution in [0.4, 0.5) is 22.0 Å². The second-order valence-corrected chi connectivity index (χ2v) is 8.26. The fraction of sp³-hybridized carbons (Fsp3) is 0.412. The molecule has 2 aromatic rings. The average molecular weight is 409 g/mol. The Morgan fingerprint density at radius 3 is 2.33 bits per heavy atom. The van der Waals surface area contributed by atoms with Crippen molar-refractivity contribution in [2.24, 2.45) is 0 Å². The molecule has 1 heterocycles. The SMILES string of the molecule is Cc1ccc(S(=O)(=O)n2ccc3c2CC(OC(F)F)(C(F)(F)F)CC3)cc1. The van der Waals surface area contributed by atoms with Gasteiger partial charge in [0.25, 0.3) is 10.0 Å².